The number of aliphatic hydroxyl groups is 1. The van der Waals surface area contributed by atoms with Crippen molar-refractivity contribution in [1.29, 1.82) is 0 Å². The van der Waals surface area contributed by atoms with Crippen LogP contribution in [0.5, 0.6) is 0 Å². The summed E-state index contributed by atoms with van der Waals surface area (Å²) in [6.45, 7) is 0.167. The minimum Gasteiger partial charge on any atom is -0.394 e. The Morgan fingerprint density at radius 3 is 2.93 bits per heavy atom. The quantitative estimate of drug-likeness (QED) is 0.705. The van der Waals surface area contributed by atoms with Gasteiger partial charge in [-0.1, -0.05) is 11.6 Å². The fraction of sp³-hybridized carbons (Fsp3) is 0.444. The van der Waals surface area contributed by atoms with E-state index in [-0.39, 0.29) is 12.5 Å². The van der Waals surface area contributed by atoms with Crippen molar-refractivity contribution < 1.29 is 9.90 Å². The smallest absolute Gasteiger partial charge is 0.239 e. The summed E-state index contributed by atoms with van der Waals surface area (Å²) in [6.07, 6.45) is 0.723. The molecule has 1 heterocycles. The summed E-state index contributed by atoms with van der Waals surface area (Å²) in [5.41, 5.74) is 5.32. The molecule has 0 bridgehead atoms. The summed E-state index contributed by atoms with van der Waals surface area (Å²) in [7, 11) is 0. The second kappa shape index (κ2) is 6.07. The van der Waals surface area contributed by atoms with Gasteiger partial charge in [0.05, 0.1) is 10.9 Å². The summed E-state index contributed by atoms with van der Waals surface area (Å²) in [5.74, 6) is -0.333. The number of carbonyl (C=O) groups is 1. The molecule has 0 spiro atoms. The van der Waals surface area contributed by atoms with Gasteiger partial charge >= 0.3 is 0 Å². The molecule has 1 aromatic rings. The Bertz CT molecular complexity index is 330. The lowest BCUT2D eigenvalue weighted by atomic mass is 10.3. The summed E-state index contributed by atoms with van der Waals surface area (Å²) in [4.78, 5) is 12.3. The van der Waals surface area contributed by atoms with E-state index < -0.39 is 6.04 Å². The van der Waals surface area contributed by atoms with E-state index in [1.807, 2.05) is 12.1 Å². The number of nitrogens with one attached hydrogen (secondary N) is 1. The van der Waals surface area contributed by atoms with E-state index in [0.717, 1.165) is 15.6 Å². The number of halogens is 1. The molecule has 0 aromatic carbocycles. The van der Waals surface area contributed by atoms with Gasteiger partial charge in [0.25, 0.3) is 0 Å². The first-order chi connectivity index (χ1) is 7.13. The van der Waals surface area contributed by atoms with Gasteiger partial charge < -0.3 is 16.2 Å². The lowest BCUT2D eigenvalue weighted by Gasteiger charge is -2.08. The lowest BCUT2D eigenvalue weighted by molar-refractivity contribution is -0.123. The largest absolute Gasteiger partial charge is 0.394 e. The zero-order chi connectivity index (χ0) is 11.3. The van der Waals surface area contributed by atoms with Crippen LogP contribution in [0.15, 0.2) is 12.1 Å². The Kier molecular flexibility index (Phi) is 5.04. The topological polar surface area (TPSA) is 75.3 Å². The summed E-state index contributed by atoms with van der Waals surface area (Å²) in [5, 5.41) is 11.3. The van der Waals surface area contributed by atoms with Crippen LogP contribution >= 0.6 is 22.9 Å². The van der Waals surface area contributed by atoms with E-state index >= 15 is 0 Å². The van der Waals surface area contributed by atoms with Gasteiger partial charge in [0, 0.05) is 11.4 Å². The number of nitrogens with two attached hydrogens (primary N) is 1. The van der Waals surface area contributed by atoms with Crippen molar-refractivity contribution >= 4 is 28.8 Å². The van der Waals surface area contributed by atoms with Crippen molar-refractivity contribution in [2.24, 2.45) is 5.73 Å². The van der Waals surface area contributed by atoms with Crippen LogP contribution < -0.4 is 11.1 Å². The molecule has 1 atom stereocenters. The number of thiophene rings is 1. The number of rotatable bonds is 5. The zero-order valence-corrected chi connectivity index (χ0v) is 9.64. The first-order valence-electron chi connectivity index (χ1n) is 4.52. The van der Waals surface area contributed by atoms with Gasteiger partial charge in [-0.25, -0.2) is 0 Å². The minimum atomic E-state index is -0.836. The van der Waals surface area contributed by atoms with Crippen LogP contribution in [0.25, 0.3) is 0 Å². The summed E-state index contributed by atoms with van der Waals surface area (Å²) < 4.78 is 0.739. The average molecular weight is 249 g/mol. The number of hydrogen-bond acceptors (Lipinski definition) is 4. The molecule has 0 saturated carbocycles. The van der Waals surface area contributed by atoms with Crippen LogP contribution in [0.2, 0.25) is 4.34 Å². The fourth-order valence-corrected chi connectivity index (χ4v) is 2.10. The van der Waals surface area contributed by atoms with Crippen LogP contribution in [0.3, 0.4) is 0 Å². The molecule has 1 aromatic heterocycles. The molecule has 4 nitrogen and oxygen atoms in total. The molecule has 84 valence electrons. The van der Waals surface area contributed by atoms with Crippen molar-refractivity contribution in [3.8, 4) is 0 Å². The first-order valence-corrected chi connectivity index (χ1v) is 5.71. The van der Waals surface area contributed by atoms with Crippen LogP contribution in [0, 0.1) is 0 Å². The Hall–Kier alpha value is -0.620. The maximum atomic E-state index is 11.2. The molecule has 0 saturated heterocycles. The number of aliphatic hydroxyl groups excluding tert-OH is 1. The van der Waals surface area contributed by atoms with E-state index in [0.29, 0.717) is 6.54 Å². The minimum absolute atomic E-state index is 0.333. The first kappa shape index (κ1) is 12.4. The van der Waals surface area contributed by atoms with Gasteiger partial charge in [-0.05, 0) is 18.6 Å². The maximum absolute atomic E-state index is 11.2. The molecule has 0 aliphatic carbocycles. The highest BCUT2D eigenvalue weighted by molar-refractivity contribution is 7.16. The summed E-state index contributed by atoms with van der Waals surface area (Å²) >= 11 is 7.24. The molecule has 1 unspecified atom stereocenters. The van der Waals surface area contributed by atoms with Crippen molar-refractivity contribution in [2.45, 2.75) is 12.5 Å². The molecule has 6 heteroatoms. The SMILES string of the molecule is NC(CO)C(=O)NCCc1ccc(Cl)s1. The second-order valence-corrected chi connectivity index (χ2v) is 4.84. The highest BCUT2D eigenvalue weighted by Gasteiger charge is 2.10. The molecule has 1 amide bonds. The van der Waals surface area contributed by atoms with Crippen LogP contribution in [0.1, 0.15) is 4.88 Å². The van der Waals surface area contributed by atoms with Crippen molar-refractivity contribution in [2.75, 3.05) is 13.2 Å². The highest BCUT2D eigenvalue weighted by atomic mass is 35.5. The summed E-state index contributed by atoms with van der Waals surface area (Å²) in [6, 6.07) is 2.91. The van der Waals surface area contributed by atoms with Gasteiger partial charge in [0.1, 0.15) is 6.04 Å². The lowest BCUT2D eigenvalue weighted by Crippen LogP contribution is -2.43. The van der Waals surface area contributed by atoms with E-state index in [2.05, 4.69) is 5.32 Å². The Morgan fingerprint density at radius 2 is 2.40 bits per heavy atom. The van der Waals surface area contributed by atoms with Gasteiger partial charge in [-0.3, -0.25) is 4.79 Å². The molecule has 0 radical (unpaired) electrons. The molecular weight excluding hydrogens is 236 g/mol. The maximum Gasteiger partial charge on any atom is 0.239 e. The standard InChI is InChI=1S/C9H13ClN2O2S/c10-8-2-1-6(15-8)3-4-12-9(14)7(11)5-13/h1-2,7,13H,3-5,11H2,(H,12,14). The average Bonchev–Trinajstić information content (AvgIpc) is 2.63. The zero-order valence-electron chi connectivity index (χ0n) is 8.07. The Labute approximate surface area is 97.0 Å². The predicted molar refractivity (Wildman–Crippen MR) is 61.1 cm³/mol. The van der Waals surface area contributed by atoms with Gasteiger partial charge in [-0.2, -0.15) is 0 Å². The third-order valence-corrected chi connectivity index (χ3v) is 3.12. The van der Waals surface area contributed by atoms with Gasteiger partial charge in [0.15, 0.2) is 0 Å². The third kappa shape index (κ3) is 4.17. The fourth-order valence-electron chi connectivity index (χ4n) is 1.01. The molecule has 15 heavy (non-hydrogen) atoms. The van der Waals surface area contributed by atoms with E-state index in [4.69, 9.17) is 22.4 Å². The number of carbonyl (C=O) groups excluding carboxylic acids is 1. The number of hydrogen-bond donors (Lipinski definition) is 3. The molecule has 0 aliphatic rings. The Balaban J connectivity index is 2.24. The normalized spacial score (nSPS) is 12.5. The van der Waals surface area contributed by atoms with Gasteiger partial charge in [0.2, 0.25) is 5.91 Å². The predicted octanol–water partition coefficient (Wildman–Crippen LogP) is 0.380. The molecule has 0 aliphatic heterocycles. The van der Waals surface area contributed by atoms with Crippen LogP contribution in [0.4, 0.5) is 0 Å². The van der Waals surface area contributed by atoms with E-state index in [1.165, 1.54) is 11.3 Å². The van der Waals surface area contributed by atoms with E-state index in [9.17, 15) is 4.79 Å². The number of amides is 1. The molecule has 4 N–H and O–H groups in total. The van der Waals surface area contributed by atoms with Gasteiger partial charge in [-0.15, -0.1) is 11.3 Å². The third-order valence-electron chi connectivity index (χ3n) is 1.83. The second-order valence-electron chi connectivity index (χ2n) is 3.04. The van der Waals surface area contributed by atoms with Crippen LogP contribution in [-0.4, -0.2) is 30.2 Å². The monoisotopic (exact) mass is 248 g/mol. The van der Waals surface area contributed by atoms with Crippen molar-refractivity contribution in [1.82, 2.24) is 5.32 Å². The highest BCUT2D eigenvalue weighted by Crippen LogP contribution is 2.21. The Morgan fingerprint density at radius 1 is 1.67 bits per heavy atom. The van der Waals surface area contributed by atoms with Crippen molar-refractivity contribution in [3.63, 3.8) is 0 Å². The molecular formula is C9H13ClN2O2S. The molecule has 0 fully saturated rings. The van der Waals surface area contributed by atoms with Crippen molar-refractivity contribution in [3.05, 3.63) is 21.3 Å². The van der Waals surface area contributed by atoms with Crippen LogP contribution in [-0.2, 0) is 11.2 Å². The van der Waals surface area contributed by atoms with E-state index in [1.54, 1.807) is 0 Å². The molecule has 1 rings (SSSR count).